The van der Waals surface area contributed by atoms with Crippen LogP contribution in [-0.2, 0) is 6.42 Å². The predicted molar refractivity (Wildman–Crippen MR) is 69.8 cm³/mol. The molecule has 0 spiro atoms. The summed E-state index contributed by atoms with van der Waals surface area (Å²) in [6, 6.07) is 4.38. The van der Waals surface area contributed by atoms with E-state index in [0.29, 0.717) is 6.10 Å². The second kappa shape index (κ2) is 4.34. The Bertz CT molecular complexity index is 421. The summed E-state index contributed by atoms with van der Waals surface area (Å²) in [6.07, 6.45) is 3.99. The molecule has 0 unspecified atom stereocenters. The van der Waals surface area contributed by atoms with Crippen molar-refractivity contribution in [2.45, 2.75) is 45.1 Å². The summed E-state index contributed by atoms with van der Waals surface area (Å²) in [5.74, 6) is 1.87. The molecule has 0 saturated carbocycles. The van der Waals surface area contributed by atoms with E-state index in [0.717, 1.165) is 31.2 Å². The lowest BCUT2D eigenvalue weighted by molar-refractivity contribution is 0.254. The molecule has 2 heteroatoms. The Morgan fingerprint density at radius 3 is 2.76 bits per heavy atom. The average Bonchev–Trinajstić information content (AvgIpc) is 2.70. The van der Waals surface area contributed by atoms with E-state index in [1.165, 1.54) is 24.0 Å². The number of ether oxygens (including phenoxy) is 1. The largest absolute Gasteiger partial charge is 0.490 e. The van der Waals surface area contributed by atoms with E-state index in [1.807, 2.05) is 0 Å². The zero-order valence-electron chi connectivity index (χ0n) is 10.8. The van der Waals surface area contributed by atoms with Crippen molar-refractivity contribution in [3.8, 4) is 5.75 Å². The normalized spacial score (nSPS) is 24.5. The highest BCUT2D eigenvalue weighted by Crippen LogP contribution is 2.39. The van der Waals surface area contributed by atoms with Gasteiger partial charge in [0.05, 0.1) is 0 Å². The van der Waals surface area contributed by atoms with Crippen LogP contribution in [0.2, 0.25) is 0 Å². The number of hydrogen-bond donors (Lipinski definition) is 1. The Morgan fingerprint density at radius 2 is 2.00 bits per heavy atom. The molecule has 2 nitrogen and oxygen atoms in total. The van der Waals surface area contributed by atoms with Gasteiger partial charge in [-0.2, -0.15) is 0 Å². The molecule has 0 aromatic heterocycles. The summed E-state index contributed by atoms with van der Waals surface area (Å²) in [5, 5.41) is 3.45. The van der Waals surface area contributed by atoms with Crippen LogP contribution in [0.5, 0.6) is 5.75 Å². The number of rotatable bonds is 1. The number of fused-ring (bicyclic) bond motifs is 1. The molecule has 1 saturated heterocycles. The van der Waals surface area contributed by atoms with Crippen LogP contribution in [0.4, 0.5) is 0 Å². The highest BCUT2D eigenvalue weighted by atomic mass is 16.5. The molecule has 0 radical (unpaired) electrons. The summed E-state index contributed by atoms with van der Waals surface area (Å²) in [6.45, 7) is 6.73. The topological polar surface area (TPSA) is 21.3 Å². The maximum atomic E-state index is 5.88. The van der Waals surface area contributed by atoms with Crippen LogP contribution in [0.3, 0.4) is 0 Å². The summed E-state index contributed by atoms with van der Waals surface area (Å²) in [4.78, 5) is 0. The monoisotopic (exact) mass is 231 g/mol. The van der Waals surface area contributed by atoms with Crippen LogP contribution in [-0.4, -0.2) is 19.2 Å². The fourth-order valence-electron chi connectivity index (χ4n) is 3.31. The van der Waals surface area contributed by atoms with Crippen molar-refractivity contribution >= 4 is 0 Å². The summed E-state index contributed by atoms with van der Waals surface area (Å²) >= 11 is 0. The lowest BCUT2D eigenvalue weighted by Crippen LogP contribution is -2.27. The van der Waals surface area contributed by atoms with E-state index in [2.05, 4.69) is 31.3 Å². The van der Waals surface area contributed by atoms with Gasteiger partial charge in [0.2, 0.25) is 0 Å². The van der Waals surface area contributed by atoms with Crippen LogP contribution < -0.4 is 10.1 Å². The minimum absolute atomic E-state index is 0.354. The van der Waals surface area contributed by atoms with Gasteiger partial charge in [-0.1, -0.05) is 6.07 Å². The molecule has 0 amide bonds. The molecule has 1 atom stereocenters. The summed E-state index contributed by atoms with van der Waals surface area (Å²) < 4.78 is 5.88. The quantitative estimate of drug-likeness (QED) is 0.802. The van der Waals surface area contributed by atoms with Crippen LogP contribution in [0.25, 0.3) is 0 Å². The van der Waals surface area contributed by atoms with E-state index >= 15 is 0 Å². The molecule has 17 heavy (non-hydrogen) atoms. The second-order valence-corrected chi connectivity index (χ2v) is 5.43. The minimum atomic E-state index is 0.354. The molecule has 1 fully saturated rings. The number of aryl methyl sites for hydroxylation is 1. The molecule has 3 rings (SSSR count). The van der Waals surface area contributed by atoms with Gasteiger partial charge in [-0.15, -0.1) is 0 Å². The SMILES string of the molecule is Cc1ccc2c(c1C1CCNCC1)C[C@@H](C)O2. The smallest absolute Gasteiger partial charge is 0.123 e. The molecule has 2 aliphatic heterocycles. The molecule has 0 bridgehead atoms. The van der Waals surface area contributed by atoms with Crippen molar-refractivity contribution < 1.29 is 4.74 Å². The van der Waals surface area contributed by atoms with E-state index in [9.17, 15) is 0 Å². The third-order valence-corrected chi connectivity index (χ3v) is 4.10. The first-order chi connectivity index (χ1) is 8.25. The summed E-state index contributed by atoms with van der Waals surface area (Å²) in [7, 11) is 0. The number of nitrogens with one attached hydrogen (secondary N) is 1. The van der Waals surface area contributed by atoms with Gasteiger partial charge in [-0.25, -0.2) is 0 Å². The number of piperidine rings is 1. The number of benzene rings is 1. The Morgan fingerprint density at radius 1 is 1.24 bits per heavy atom. The van der Waals surface area contributed by atoms with Gasteiger partial charge in [-0.05, 0) is 62.9 Å². The van der Waals surface area contributed by atoms with Gasteiger partial charge in [0.25, 0.3) is 0 Å². The molecule has 2 heterocycles. The van der Waals surface area contributed by atoms with E-state index in [4.69, 9.17) is 4.74 Å². The highest BCUT2D eigenvalue weighted by Gasteiger charge is 2.27. The molecule has 2 aliphatic rings. The van der Waals surface area contributed by atoms with Crippen LogP contribution in [0.15, 0.2) is 12.1 Å². The van der Waals surface area contributed by atoms with E-state index in [-0.39, 0.29) is 0 Å². The van der Waals surface area contributed by atoms with Crippen molar-refractivity contribution in [3.63, 3.8) is 0 Å². The number of hydrogen-bond acceptors (Lipinski definition) is 2. The molecule has 1 aromatic rings. The fraction of sp³-hybridized carbons (Fsp3) is 0.600. The van der Waals surface area contributed by atoms with Gasteiger partial charge < -0.3 is 10.1 Å². The highest BCUT2D eigenvalue weighted by molar-refractivity contribution is 5.49. The van der Waals surface area contributed by atoms with Gasteiger partial charge in [-0.3, -0.25) is 0 Å². The average molecular weight is 231 g/mol. The molecular weight excluding hydrogens is 210 g/mol. The lowest BCUT2D eigenvalue weighted by atomic mass is 9.83. The van der Waals surface area contributed by atoms with Gasteiger partial charge in [0, 0.05) is 12.0 Å². The van der Waals surface area contributed by atoms with Crippen LogP contribution >= 0.6 is 0 Å². The standard InChI is InChI=1S/C15H21NO/c1-10-3-4-14-13(9-11(2)17-14)15(10)12-5-7-16-8-6-12/h3-4,11-12,16H,5-9H2,1-2H3/t11-/m1/s1. The third kappa shape index (κ3) is 1.95. The minimum Gasteiger partial charge on any atom is -0.490 e. The van der Waals surface area contributed by atoms with Crippen molar-refractivity contribution in [1.29, 1.82) is 0 Å². The fourth-order valence-corrected chi connectivity index (χ4v) is 3.31. The Hall–Kier alpha value is -1.02. The first kappa shape index (κ1) is 11.1. The zero-order valence-corrected chi connectivity index (χ0v) is 10.8. The molecule has 1 N–H and O–H groups in total. The van der Waals surface area contributed by atoms with Crippen LogP contribution in [0.1, 0.15) is 42.4 Å². The Kier molecular flexibility index (Phi) is 2.83. The van der Waals surface area contributed by atoms with E-state index in [1.54, 1.807) is 5.56 Å². The Balaban J connectivity index is 2.00. The second-order valence-electron chi connectivity index (χ2n) is 5.43. The maximum absolute atomic E-state index is 5.88. The first-order valence-electron chi connectivity index (χ1n) is 6.75. The summed E-state index contributed by atoms with van der Waals surface area (Å²) in [5.41, 5.74) is 4.53. The third-order valence-electron chi connectivity index (χ3n) is 4.10. The van der Waals surface area contributed by atoms with Crippen LogP contribution in [0, 0.1) is 6.92 Å². The van der Waals surface area contributed by atoms with Gasteiger partial charge >= 0.3 is 0 Å². The van der Waals surface area contributed by atoms with Gasteiger partial charge in [0.15, 0.2) is 0 Å². The van der Waals surface area contributed by atoms with E-state index < -0.39 is 0 Å². The van der Waals surface area contributed by atoms with Gasteiger partial charge in [0.1, 0.15) is 11.9 Å². The molecular formula is C15H21NO. The molecule has 1 aromatic carbocycles. The molecule has 92 valence electrons. The first-order valence-corrected chi connectivity index (χ1v) is 6.75. The lowest BCUT2D eigenvalue weighted by Gasteiger charge is -2.26. The van der Waals surface area contributed by atoms with Crippen molar-refractivity contribution in [1.82, 2.24) is 5.32 Å². The van der Waals surface area contributed by atoms with Crippen molar-refractivity contribution in [2.24, 2.45) is 0 Å². The predicted octanol–water partition coefficient (Wildman–Crippen LogP) is 2.79. The zero-order chi connectivity index (χ0) is 11.8. The Labute approximate surface area is 103 Å². The van der Waals surface area contributed by atoms with Crippen molar-refractivity contribution in [3.05, 3.63) is 28.8 Å². The van der Waals surface area contributed by atoms with Crippen molar-refractivity contribution in [2.75, 3.05) is 13.1 Å². The maximum Gasteiger partial charge on any atom is 0.123 e. The molecule has 0 aliphatic carbocycles.